The lowest BCUT2D eigenvalue weighted by Crippen LogP contribution is -2.30. The van der Waals surface area contributed by atoms with E-state index in [2.05, 4.69) is 16.4 Å². The number of hydrogen-bond donors (Lipinski definition) is 1. The maximum Gasteiger partial charge on any atom is 0.272 e. The monoisotopic (exact) mass is 356 g/mol. The van der Waals surface area contributed by atoms with Crippen LogP contribution in [0.2, 0.25) is 0 Å². The van der Waals surface area contributed by atoms with E-state index in [1.807, 2.05) is 55.5 Å². The lowest BCUT2D eigenvalue weighted by Gasteiger charge is -2.20. The molecule has 1 N–H and O–H groups in total. The Bertz CT molecular complexity index is 946. The molecule has 3 aromatic rings. The van der Waals surface area contributed by atoms with Crippen molar-refractivity contribution < 1.29 is 4.79 Å². The highest BCUT2D eigenvalue weighted by atomic mass is 16.2. The van der Waals surface area contributed by atoms with Crippen molar-refractivity contribution in [1.29, 1.82) is 5.26 Å². The number of nitrogens with one attached hydrogen (secondary N) is 1. The highest BCUT2D eigenvalue weighted by Gasteiger charge is 2.15. The fourth-order valence-corrected chi connectivity index (χ4v) is 2.72. The maximum atomic E-state index is 12.7. The van der Waals surface area contributed by atoms with Gasteiger partial charge in [0, 0.05) is 18.8 Å². The Labute approximate surface area is 158 Å². The Morgan fingerprint density at radius 2 is 1.89 bits per heavy atom. The minimum Gasteiger partial charge on any atom is -0.354 e. The zero-order valence-corrected chi connectivity index (χ0v) is 15.1. The van der Waals surface area contributed by atoms with Gasteiger partial charge in [0.25, 0.3) is 5.91 Å². The normalized spacial score (nSPS) is 10.1. The molecule has 1 aromatic heterocycles. The summed E-state index contributed by atoms with van der Waals surface area (Å²) in [4.78, 5) is 18.8. The van der Waals surface area contributed by atoms with Gasteiger partial charge in [-0.1, -0.05) is 36.4 Å². The molecule has 0 spiro atoms. The van der Waals surface area contributed by atoms with E-state index in [1.165, 1.54) is 0 Å². The highest BCUT2D eigenvalue weighted by Crippen LogP contribution is 2.17. The SMILES string of the molecule is CCN(Cc1ccccc1)C(=O)c1ccc(Nc2cccc(C#N)c2)cn1. The minimum atomic E-state index is -0.0978. The lowest BCUT2D eigenvalue weighted by molar-refractivity contribution is 0.0746. The van der Waals surface area contributed by atoms with Crippen molar-refractivity contribution in [2.75, 3.05) is 11.9 Å². The molecule has 0 unspecified atom stereocenters. The summed E-state index contributed by atoms with van der Waals surface area (Å²) in [6.45, 7) is 3.12. The second-order valence-corrected chi connectivity index (χ2v) is 6.05. The molecule has 134 valence electrons. The van der Waals surface area contributed by atoms with Crippen LogP contribution in [0.15, 0.2) is 72.9 Å². The number of carbonyl (C=O) groups is 1. The summed E-state index contributed by atoms with van der Waals surface area (Å²) in [5, 5.41) is 12.2. The van der Waals surface area contributed by atoms with Gasteiger partial charge in [-0.15, -0.1) is 0 Å². The van der Waals surface area contributed by atoms with Crippen molar-refractivity contribution in [2.24, 2.45) is 0 Å². The van der Waals surface area contributed by atoms with E-state index in [0.29, 0.717) is 24.3 Å². The van der Waals surface area contributed by atoms with E-state index in [1.54, 1.807) is 29.3 Å². The van der Waals surface area contributed by atoms with Crippen LogP contribution in [0.5, 0.6) is 0 Å². The van der Waals surface area contributed by atoms with Crippen LogP contribution in [0.1, 0.15) is 28.5 Å². The van der Waals surface area contributed by atoms with Crippen LogP contribution in [0, 0.1) is 11.3 Å². The van der Waals surface area contributed by atoms with Crippen molar-refractivity contribution in [3.63, 3.8) is 0 Å². The molecular formula is C22H20N4O. The van der Waals surface area contributed by atoms with Crippen molar-refractivity contribution in [1.82, 2.24) is 9.88 Å². The van der Waals surface area contributed by atoms with Crippen LogP contribution < -0.4 is 5.32 Å². The van der Waals surface area contributed by atoms with Gasteiger partial charge in [-0.3, -0.25) is 4.79 Å². The molecule has 0 aliphatic heterocycles. The van der Waals surface area contributed by atoms with Gasteiger partial charge in [0.15, 0.2) is 0 Å². The van der Waals surface area contributed by atoms with Crippen LogP contribution in [0.3, 0.4) is 0 Å². The predicted octanol–water partition coefficient (Wildman–Crippen LogP) is 4.36. The van der Waals surface area contributed by atoms with E-state index >= 15 is 0 Å². The quantitative estimate of drug-likeness (QED) is 0.712. The third-order valence-corrected chi connectivity index (χ3v) is 4.15. The van der Waals surface area contributed by atoms with Gasteiger partial charge >= 0.3 is 0 Å². The molecule has 0 bridgehead atoms. The number of rotatable bonds is 6. The second-order valence-electron chi connectivity index (χ2n) is 6.05. The topological polar surface area (TPSA) is 69.0 Å². The molecule has 0 fully saturated rings. The van der Waals surface area contributed by atoms with Crippen molar-refractivity contribution in [2.45, 2.75) is 13.5 Å². The van der Waals surface area contributed by atoms with E-state index in [9.17, 15) is 4.79 Å². The zero-order valence-electron chi connectivity index (χ0n) is 15.1. The van der Waals surface area contributed by atoms with Crippen molar-refractivity contribution in [3.8, 4) is 6.07 Å². The molecule has 1 heterocycles. The van der Waals surface area contributed by atoms with Crippen molar-refractivity contribution >= 4 is 17.3 Å². The molecule has 0 aliphatic carbocycles. The molecule has 5 heteroatoms. The number of nitriles is 1. The summed E-state index contributed by atoms with van der Waals surface area (Å²) in [6.07, 6.45) is 1.63. The number of carbonyl (C=O) groups excluding carboxylic acids is 1. The Balaban J connectivity index is 1.70. The molecule has 3 rings (SSSR count). The van der Waals surface area contributed by atoms with Crippen LogP contribution in [-0.2, 0) is 6.54 Å². The molecule has 0 radical (unpaired) electrons. The summed E-state index contributed by atoms with van der Waals surface area (Å²) < 4.78 is 0. The van der Waals surface area contributed by atoms with Gasteiger partial charge in [0.05, 0.1) is 23.5 Å². The molecule has 2 aromatic carbocycles. The number of benzene rings is 2. The number of nitrogens with zero attached hydrogens (tertiary/aromatic N) is 3. The first-order chi connectivity index (χ1) is 13.2. The van der Waals surface area contributed by atoms with Gasteiger partial charge in [-0.05, 0) is 42.8 Å². The molecule has 0 atom stereocenters. The third kappa shape index (κ3) is 4.71. The third-order valence-electron chi connectivity index (χ3n) is 4.15. The number of amides is 1. The summed E-state index contributed by atoms with van der Waals surface area (Å²) in [7, 11) is 0. The van der Waals surface area contributed by atoms with E-state index < -0.39 is 0 Å². The standard InChI is InChI=1S/C22H20N4O/c1-2-26(16-17-7-4-3-5-8-17)22(27)21-12-11-20(15-24-21)25-19-10-6-9-18(13-19)14-23/h3-13,15,25H,2,16H2,1H3. The maximum absolute atomic E-state index is 12.7. The summed E-state index contributed by atoms with van der Waals surface area (Å²) in [6, 6.07) is 22.7. The first-order valence-corrected chi connectivity index (χ1v) is 8.76. The molecule has 0 saturated carbocycles. The number of anilines is 2. The van der Waals surface area contributed by atoms with Crippen LogP contribution in [-0.4, -0.2) is 22.3 Å². The smallest absolute Gasteiger partial charge is 0.272 e. The first-order valence-electron chi connectivity index (χ1n) is 8.76. The van der Waals surface area contributed by atoms with Crippen LogP contribution in [0.4, 0.5) is 11.4 Å². The fourth-order valence-electron chi connectivity index (χ4n) is 2.72. The molecular weight excluding hydrogens is 336 g/mol. The Hall–Kier alpha value is -3.65. The largest absolute Gasteiger partial charge is 0.354 e. The minimum absolute atomic E-state index is 0.0978. The van der Waals surface area contributed by atoms with Gasteiger partial charge in [-0.2, -0.15) is 5.26 Å². The first kappa shape index (κ1) is 18.2. The van der Waals surface area contributed by atoms with Gasteiger partial charge in [0.2, 0.25) is 0 Å². The van der Waals surface area contributed by atoms with Gasteiger partial charge in [-0.25, -0.2) is 4.98 Å². The molecule has 5 nitrogen and oxygen atoms in total. The summed E-state index contributed by atoms with van der Waals surface area (Å²) >= 11 is 0. The Kier molecular flexibility index (Phi) is 5.80. The molecule has 0 saturated heterocycles. The van der Waals surface area contributed by atoms with Crippen LogP contribution in [0.25, 0.3) is 0 Å². The second kappa shape index (κ2) is 8.63. The van der Waals surface area contributed by atoms with Gasteiger partial charge < -0.3 is 10.2 Å². The zero-order chi connectivity index (χ0) is 19.1. The van der Waals surface area contributed by atoms with E-state index in [0.717, 1.165) is 16.9 Å². The van der Waals surface area contributed by atoms with E-state index in [-0.39, 0.29) is 5.91 Å². The highest BCUT2D eigenvalue weighted by molar-refractivity contribution is 5.92. The van der Waals surface area contributed by atoms with Crippen LogP contribution >= 0.6 is 0 Å². The van der Waals surface area contributed by atoms with Gasteiger partial charge in [0.1, 0.15) is 5.69 Å². The van der Waals surface area contributed by atoms with Crippen molar-refractivity contribution in [3.05, 3.63) is 89.7 Å². The van der Waals surface area contributed by atoms with E-state index in [4.69, 9.17) is 5.26 Å². The Morgan fingerprint density at radius 3 is 2.56 bits per heavy atom. The molecule has 27 heavy (non-hydrogen) atoms. The molecule has 0 aliphatic rings. The summed E-state index contributed by atoms with van der Waals surface area (Å²) in [5.74, 6) is -0.0978. The number of hydrogen-bond acceptors (Lipinski definition) is 4. The number of pyridine rings is 1. The fraction of sp³-hybridized carbons (Fsp3) is 0.136. The summed E-state index contributed by atoms with van der Waals surface area (Å²) in [5.41, 5.74) is 3.63. The Morgan fingerprint density at radius 1 is 1.07 bits per heavy atom. The lowest BCUT2D eigenvalue weighted by atomic mass is 10.2. The predicted molar refractivity (Wildman–Crippen MR) is 106 cm³/mol. The average Bonchev–Trinajstić information content (AvgIpc) is 2.73. The number of aromatic nitrogens is 1. The average molecular weight is 356 g/mol. The molecule has 1 amide bonds.